The van der Waals surface area contributed by atoms with Crippen LogP contribution in [0.5, 0.6) is 0 Å². The molecule has 9 nitrogen and oxygen atoms in total. The standard InChI is InChI=1S/C30H28ClN3O6S2/c1-2-40-29(38)18-8-12-20(13-9-18)34-26(36)23-22(17-6-10-19(31)11-7-17)25-28(41-24(23)27(34)37)33(30(39)42-25)16-21(35)32-14-4-3-5-15-32/h6-13,22-24H,2-5,14-16H2,1H3/t22-,23+,24-/m0/s1. The third kappa shape index (κ3) is 5.07. The van der Waals surface area contributed by atoms with Crippen molar-refractivity contribution in [2.24, 2.45) is 5.92 Å². The van der Waals surface area contributed by atoms with Crippen molar-refractivity contribution < 1.29 is 23.9 Å². The number of anilines is 1. The summed E-state index contributed by atoms with van der Waals surface area (Å²) in [6.45, 7) is 3.18. The first kappa shape index (κ1) is 28.7. The number of hydrogen-bond donors (Lipinski definition) is 0. The Morgan fingerprint density at radius 2 is 1.64 bits per heavy atom. The summed E-state index contributed by atoms with van der Waals surface area (Å²) in [6.07, 6.45) is 2.96. The molecule has 42 heavy (non-hydrogen) atoms. The molecule has 12 heteroatoms. The van der Waals surface area contributed by atoms with Crippen LogP contribution in [0.25, 0.3) is 0 Å². The molecule has 0 aliphatic carbocycles. The summed E-state index contributed by atoms with van der Waals surface area (Å²) in [4.78, 5) is 69.9. The van der Waals surface area contributed by atoms with Crippen LogP contribution in [0.3, 0.4) is 0 Å². The number of carbonyl (C=O) groups excluding carboxylic acids is 4. The summed E-state index contributed by atoms with van der Waals surface area (Å²) in [6, 6.07) is 13.2. The Bertz CT molecular complexity index is 1610. The van der Waals surface area contributed by atoms with Crippen LogP contribution in [0.2, 0.25) is 5.02 Å². The van der Waals surface area contributed by atoms with Crippen molar-refractivity contribution in [2.45, 2.75) is 48.9 Å². The van der Waals surface area contributed by atoms with E-state index < -0.39 is 29.0 Å². The Morgan fingerprint density at radius 3 is 2.31 bits per heavy atom. The van der Waals surface area contributed by atoms with E-state index in [1.807, 2.05) is 12.1 Å². The van der Waals surface area contributed by atoms with E-state index in [9.17, 15) is 24.0 Å². The van der Waals surface area contributed by atoms with Gasteiger partial charge in [0, 0.05) is 28.9 Å². The van der Waals surface area contributed by atoms with Gasteiger partial charge >= 0.3 is 10.8 Å². The van der Waals surface area contributed by atoms with Gasteiger partial charge in [0.2, 0.25) is 17.7 Å². The maximum Gasteiger partial charge on any atom is 0.338 e. The molecule has 6 rings (SSSR count). The first-order valence-electron chi connectivity index (χ1n) is 13.9. The van der Waals surface area contributed by atoms with Crippen LogP contribution < -0.4 is 9.77 Å². The lowest BCUT2D eigenvalue weighted by Gasteiger charge is -2.31. The minimum atomic E-state index is -0.805. The smallest absolute Gasteiger partial charge is 0.338 e. The Balaban J connectivity index is 1.38. The highest BCUT2D eigenvalue weighted by atomic mass is 35.5. The van der Waals surface area contributed by atoms with Gasteiger partial charge in [0.15, 0.2) is 0 Å². The molecule has 0 spiro atoms. The van der Waals surface area contributed by atoms with E-state index in [-0.39, 0.29) is 29.8 Å². The molecule has 0 unspecified atom stereocenters. The van der Waals surface area contributed by atoms with Crippen LogP contribution in [-0.4, -0.2) is 58.1 Å². The number of fused-ring (bicyclic) bond motifs is 2. The van der Waals surface area contributed by atoms with Gasteiger partial charge in [-0.2, -0.15) is 0 Å². The summed E-state index contributed by atoms with van der Waals surface area (Å²) >= 11 is 8.37. The molecule has 218 valence electrons. The van der Waals surface area contributed by atoms with Gasteiger partial charge < -0.3 is 9.64 Å². The van der Waals surface area contributed by atoms with Gasteiger partial charge in [0.25, 0.3) is 0 Å². The zero-order chi connectivity index (χ0) is 29.5. The first-order chi connectivity index (χ1) is 20.3. The number of carbonyl (C=O) groups is 4. The zero-order valence-electron chi connectivity index (χ0n) is 22.8. The van der Waals surface area contributed by atoms with Crippen LogP contribution in [0.4, 0.5) is 5.69 Å². The quantitative estimate of drug-likeness (QED) is 0.292. The van der Waals surface area contributed by atoms with Crippen LogP contribution in [0, 0.1) is 5.92 Å². The summed E-state index contributed by atoms with van der Waals surface area (Å²) in [5.41, 5.74) is 1.42. The third-order valence-corrected chi connectivity index (χ3v) is 10.8. The van der Waals surface area contributed by atoms with E-state index in [1.165, 1.54) is 28.5 Å². The lowest BCUT2D eigenvalue weighted by Crippen LogP contribution is -2.39. The zero-order valence-corrected chi connectivity index (χ0v) is 25.2. The van der Waals surface area contributed by atoms with Gasteiger partial charge in [-0.15, -0.1) is 0 Å². The molecular weight excluding hydrogens is 598 g/mol. The van der Waals surface area contributed by atoms with Crippen molar-refractivity contribution >= 4 is 64.1 Å². The number of halogens is 1. The monoisotopic (exact) mass is 625 g/mol. The van der Waals surface area contributed by atoms with Gasteiger partial charge in [-0.05, 0) is 68.1 Å². The summed E-state index contributed by atoms with van der Waals surface area (Å²) in [5, 5.41) is 0.272. The number of esters is 1. The van der Waals surface area contributed by atoms with Gasteiger partial charge in [-0.1, -0.05) is 46.8 Å². The Kier molecular flexibility index (Phi) is 7.99. The topological polar surface area (TPSA) is 106 Å². The van der Waals surface area contributed by atoms with E-state index in [0.717, 1.165) is 41.1 Å². The van der Waals surface area contributed by atoms with Crippen molar-refractivity contribution in [3.63, 3.8) is 0 Å². The number of amides is 3. The average molecular weight is 626 g/mol. The fraction of sp³-hybridized carbons (Fsp3) is 0.367. The van der Waals surface area contributed by atoms with Gasteiger partial charge in [0.1, 0.15) is 11.8 Å². The number of imide groups is 1. The predicted molar refractivity (Wildman–Crippen MR) is 160 cm³/mol. The van der Waals surface area contributed by atoms with Crippen molar-refractivity contribution in [3.05, 3.63) is 79.2 Å². The molecular formula is C30H28ClN3O6S2. The van der Waals surface area contributed by atoms with E-state index in [0.29, 0.717) is 39.3 Å². The second-order valence-electron chi connectivity index (χ2n) is 10.4. The minimum absolute atomic E-state index is 0.108. The maximum atomic E-state index is 14.0. The number of aromatic nitrogens is 1. The number of rotatable bonds is 6. The number of hydrogen-bond acceptors (Lipinski definition) is 8. The number of thioether (sulfide) groups is 1. The van der Waals surface area contributed by atoms with Crippen LogP contribution >= 0.6 is 34.7 Å². The highest BCUT2D eigenvalue weighted by Crippen LogP contribution is 2.54. The lowest BCUT2D eigenvalue weighted by molar-refractivity contribution is -0.133. The molecule has 2 saturated heterocycles. The largest absolute Gasteiger partial charge is 0.462 e. The molecule has 4 heterocycles. The molecule has 3 aliphatic rings. The number of piperidine rings is 1. The Morgan fingerprint density at radius 1 is 0.952 bits per heavy atom. The molecule has 1 aromatic heterocycles. The molecule has 2 aromatic carbocycles. The number of likely N-dealkylation sites (tertiary alicyclic amines) is 1. The van der Waals surface area contributed by atoms with E-state index in [1.54, 1.807) is 36.1 Å². The average Bonchev–Trinajstić information content (AvgIpc) is 3.44. The number of ether oxygens (including phenoxy) is 1. The molecule has 0 saturated carbocycles. The Hall–Kier alpha value is -3.41. The fourth-order valence-electron chi connectivity index (χ4n) is 5.88. The SMILES string of the molecule is CCOC(=O)c1ccc(N2C(=O)[C@@H]3[C@H](c4ccc(Cl)cc4)c4sc(=O)n(CC(=O)N5CCCCC5)c4S[C@@H]3C2=O)cc1. The van der Waals surface area contributed by atoms with E-state index in [4.69, 9.17) is 16.3 Å². The van der Waals surface area contributed by atoms with Crippen molar-refractivity contribution in [2.75, 3.05) is 24.6 Å². The highest BCUT2D eigenvalue weighted by Gasteiger charge is 2.56. The summed E-state index contributed by atoms with van der Waals surface area (Å²) in [7, 11) is 0. The van der Waals surface area contributed by atoms with Gasteiger partial charge in [-0.3, -0.25) is 23.7 Å². The first-order valence-corrected chi connectivity index (χ1v) is 15.9. The Labute approximate surface area is 255 Å². The molecule has 3 aromatic rings. The second-order valence-corrected chi connectivity index (χ2v) is 13.0. The van der Waals surface area contributed by atoms with Crippen molar-refractivity contribution in [1.82, 2.24) is 9.47 Å². The van der Waals surface area contributed by atoms with Crippen molar-refractivity contribution in [3.8, 4) is 0 Å². The van der Waals surface area contributed by atoms with Crippen LogP contribution in [-0.2, 0) is 25.7 Å². The maximum absolute atomic E-state index is 14.0. The molecule has 0 radical (unpaired) electrons. The van der Waals surface area contributed by atoms with E-state index in [2.05, 4.69) is 0 Å². The summed E-state index contributed by atoms with van der Waals surface area (Å²) in [5.74, 6) is -2.75. The van der Waals surface area contributed by atoms with Crippen molar-refractivity contribution in [1.29, 1.82) is 0 Å². The number of nitrogens with zero attached hydrogens (tertiary/aromatic N) is 3. The second kappa shape index (κ2) is 11.7. The molecule has 3 aliphatic heterocycles. The van der Waals surface area contributed by atoms with E-state index >= 15 is 0 Å². The molecule has 0 bridgehead atoms. The summed E-state index contributed by atoms with van der Waals surface area (Å²) < 4.78 is 6.51. The minimum Gasteiger partial charge on any atom is -0.462 e. The molecule has 2 fully saturated rings. The number of benzene rings is 2. The van der Waals surface area contributed by atoms with Crippen LogP contribution in [0.15, 0.2) is 58.4 Å². The molecule has 3 atom stereocenters. The molecule has 3 amide bonds. The highest BCUT2D eigenvalue weighted by molar-refractivity contribution is 8.00. The fourth-order valence-corrected chi connectivity index (χ4v) is 8.78. The lowest BCUT2D eigenvalue weighted by atomic mass is 9.83. The van der Waals surface area contributed by atoms with Gasteiger partial charge in [-0.25, -0.2) is 9.69 Å². The van der Waals surface area contributed by atoms with Crippen LogP contribution in [0.1, 0.15) is 52.9 Å². The predicted octanol–water partition coefficient (Wildman–Crippen LogP) is 4.55. The third-order valence-electron chi connectivity index (χ3n) is 7.92. The van der Waals surface area contributed by atoms with Gasteiger partial charge in [0.05, 0.1) is 28.8 Å². The normalized spacial score (nSPS) is 21.7. The number of thiazole rings is 1. The molecule has 0 N–H and O–H groups in total.